The Hall–Kier alpha value is -0.760. The van der Waals surface area contributed by atoms with Crippen LogP contribution < -0.4 is 0 Å². The summed E-state index contributed by atoms with van der Waals surface area (Å²) < 4.78 is 9.57. The fourth-order valence-corrected chi connectivity index (χ4v) is 3.42. The van der Waals surface area contributed by atoms with E-state index < -0.39 is 45.0 Å². The third kappa shape index (κ3) is 3.28. The monoisotopic (exact) mass is 412 g/mol. The molecule has 0 aromatic carbocycles. The molecule has 4 atom stereocenters. The molecule has 0 N–H and O–H groups in total. The predicted octanol–water partition coefficient (Wildman–Crippen LogP) is 1.02. The number of carbonyl (C=O) groups is 4. The van der Waals surface area contributed by atoms with E-state index in [1.54, 1.807) is 13.8 Å². The van der Waals surface area contributed by atoms with Crippen molar-refractivity contribution in [3.63, 3.8) is 0 Å². The highest BCUT2D eigenvalue weighted by molar-refractivity contribution is 9.10. The van der Waals surface area contributed by atoms with Crippen LogP contribution in [0.2, 0.25) is 0 Å². The van der Waals surface area contributed by atoms with E-state index in [2.05, 4.69) is 31.9 Å². The maximum absolute atomic E-state index is 12.2. The van der Waals surface area contributed by atoms with Crippen molar-refractivity contribution in [1.82, 2.24) is 0 Å². The van der Waals surface area contributed by atoms with Crippen LogP contribution in [0, 0.1) is 11.8 Å². The van der Waals surface area contributed by atoms with Crippen molar-refractivity contribution < 1.29 is 28.7 Å². The summed E-state index contributed by atoms with van der Waals surface area (Å²) in [5, 5.41) is 0. The molecule has 0 radical (unpaired) electrons. The number of alkyl halides is 2. The fraction of sp³-hybridized carbons (Fsp3) is 0.667. The zero-order chi connectivity index (χ0) is 15.4. The Morgan fingerprint density at radius 3 is 1.45 bits per heavy atom. The maximum atomic E-state index is 12.2. The summed E-state index contributed by atoms with van der Waals surface area (Å²) in [7, 11) is 0. The summed E-state index contributed by atoms with van der Waals surface area (Å²) >= 11 is 6.04. The van der Waals surface area contributed by atoms with Crippen LogP contribution >= 0.6 is 31.9 Å². The molecule has 0 aromatic heterocycles. The maximum Gasteiger partial charge on any atom is 0.318 e. The van der Waals surface area contributed by atoms with E-state index in [0.717, 1.165) is 0 Å². The van der Waals surface area contributed by atoms with Crippen LogP contribution in [0.4, 0.5) is 0 Å². The second-order valence-electron chi connectivity index (χ2n) is 4.07. The molecule has 1 fully saturated rings. The van der Waals surface area contributed by atoms with Crippen molar-refractivity contribution in [1.29, 1.82) is 0 Å². The lowest BCUT2D eigenvalue weighted by atomic mass is 9.79. The molecule has 112 valence electrons. The molecule has 0 bridgehead atoms. The van der Waals surface area contributed by atoms with Gasteiger partial charge in [-0.2, -0.15) is 0 Å². The number of carbonyl (C=O) groups excluding carboxylic acids is 4. The molecule has 6 nitrogen and oxygen atoms in total. The van der Waals surface area contributed by atoms with Gasteiger partial charge in [-0.3, -0.25) is 19.2 Å². The molecule has 20 heavy (non-hydrogen) atoms. The van der Waals surface area contributed by atoms with Crippen molar-refractivity contribution in [3.05, 3.63) is 0 Å². The first-order chi connectivity index (χ1) is 9.36. The molecule has 1 rings (SSSR count). The van der Waals surface area contributed by atoms with E-state index in [-0.39, 0.29) is 13.2 Å². The Labute approximate surface area is 132 Å². The van der Waals surface area contributed by atoms with Crippen molar-refractivity contribution in [2.75, 3.05) is 13.2 Å². The molecule has 1 saturated carbocycles. The highest BCUT2D eigenvalue weighted by Gasteiger charge is 2.54. The Morgan fingerprint density at radius 1 is 0.900 bits per heavy atom. The van der Waals surface area contributed by atoms with Gasteiger partial charge in [-0.15, -0.1) is 0 Å². The standard InChI is InChI=1S/C12H14Br2O6/c1-3-19-11(17)5-7(13)10(16)6(8(14)9(5)15)12(18)20-4-2/h5-8H,3-4H2,1-2H3. The zero-order valence-corrected chi connectivity index (χ0v) is 14.1. The van der Waals surface area contributed by atoms with Gasteiger partial charge in [-0.05, 0) is 13.8 Å². The quantitative estimate of drug-likeness (QED) is 0.388. The van der Waals surface area contributed by atoms with Crippen LogP contribution in [0.5, 0.6) is 0 Å². The normalized spacial score (nSPS) is 30.0. The van der Waals surface area contributed by atoms with Crippen molar-refractivity contribution in [3.8, 4) is 0 Å². The number of halogens is 2. The van der Waals surface area contributed by atoms with Gasteiger partial charge >= 0.3 is 11.9 Å². The van der Waals surface area contributed by atoms with Crippen LogP contribution in [-0.4, -0.2) is 46.4 Å². The number of hydrogen-bond donors (Lipinski definition) is 0. The van der Waals surface area contributed by atoms with Crippen molar-refractivity contribution >= 4 is 55.4 Å². The summed E-state index contributed by atoms with van der Waals surface area (Å²) in [4.78, 5) is 45.7. The zero-order valence-electron chi connectivity index (χ0n) is 10.9. The van der Waals surface area contributed by atoms with Crippen LogP contribution in [0.15, 0.2) is 0 Å². The van der Waals surface area contributed by atoms with Gasteiger partial charge in [0.1, 0.15) is 11.8 Å². The lowest BCUT2D eigenvalue weighted by molar-refractivity contribution is -0.161. The number of Topliss-reactive ketones (excluding diaryl/α,β-unsaturated/α-hetero) is 2. The van der Waals surface area contributed by atoms with Gasteiger partial charge in [-0.25, -0.2) is 0 Å². The lowest BCUT2D eigenvalue weighted by Gasteiger charge is -2.31. The lowest BCUT2D eigenvalue weighted by Crippen LogP contribution is -2.54. The third-order valence-electron chi connectivity index (χ3n) is 2.82. The Balaban J connectivity index is 3.02. The molecular weight excluding hydrogens is 400 g/mol. The Kier molecular flexibility index (Phi) is 6.32. The molecule has 0 spiro atoms. The first kappa shape index (κ1) is 17.3. The van der Waals surface area contributed by atoms with Gasteiger partial charge in [0.15, 0.2) is 11.6 Å². The Bertz CT molecular complexity index is 396. The summed E-state index contributed by atoms with van der Waals surface area (Å²) in [5.74, 6) is -5.19. The SMILES string of the molecule is CCOC(=O)C1C(=O)C(Br)C(C(=O)OCC)C(=O)C1Br. The van der Waals surface area contributed by atoms with Gasteiger partial charge < -0.3 is 9.47 Å². The molecular formula is C12H14Br2O6. The number of ketones is 2. The first-order valence-electron chi connectivity index (χ1n) is 6.05. The van der Waals surface area contributed by atoms with E-state index >= 15 is 0 Å². The van der Waals surface area contributed by atoms with Gasteiger partial charge in [0.25, 0.3) is 0 Å². The topological polar surface area (TPSA) is 86.7 Å². The van der Waals surface area contributed by atoms with E-state index in [1.165, 1.54) is 0 Å². The minimum atomic E-state index is -1.25. The molecule has 0 aromatic rings. The Morgan fingerprint density at radius 2 is 1.20 bits per heavy atom. The highest BCUT2D eigenvalue weighted by atomic mass is 79.9. The average Bonchev–Trinajstić information content (AvgIpc) is 2.37. The van der Waals surface area contributed by atoms with Crippen molar-refractivity contribution in [2.24, 2.45) is 11.8 Å². The van der Waals surface area contributed by atoms with Crippen LogP contribution in [-0.2, 0) is 28.7 Å². The first-order valence-corrected chi connectivity index (χ1v) is 7.88. The molecule has 8 heteroatoms. The highest BCUT2D eigenvalue weighted by Crippen LogP contribution is 2.34. The number of ether oxygens (including phenoxy) is 2. The molecule has 1 aliphatic rings. The van der Waals surface area contributed by atoms with E-state index in [9.17, 15) is 19.2 Å². The molecule has 0 amide bonds. The second kappa shape index (κ2) is 7.31. The molecule has 0 saturated heterocycles. The van der Waals surface area contributed by atoms with Crippen LogP contribution in [0.3, 0.4) is 0 Å². The summed E-state index contributed by atoms with van der Waals surface area (Å²) in [6.45, 7) is 3.40. The van der Waals surface area contributed by atoms with E-state index in [0.29, 0.717) is 0 Å². The largest absolute Gasteiger partial charge is 0.465 e. The third-order valence-corrected chi connectivity index (χ3v) is 4.78. The van der Waals surface area contributed by atoms with Crippen LogP contribution in [0.25, 0.3) is 0 Å². The second-order valence-corrected chi connectivity index (χ2v) is 6.04. The summed E-state index contributed by atoms with van der Waals surface area (Å²) in [6, 6.07) is 0. The number of hydrogen-bond acceptors (Lipinski definition) is 6. The summed E-state index contributed by atoms with van der Waals surface area (Å²) in [6.07, 6.45) is 0. The average molecular weight is 414 g/mol. The molecule has 4 unspecified atom stereocenters. The van der Waals surface area contributed by atoms with Gasteiger partial charge in [0.05, 0.1) is 22.9 Å². The fourth-order valence-electron chi connectivity index (χ4n) is 1.90. The van der Waals surface area contributed by atoms with E-state index in [4.69, 9.17) is 9.47 Å². The molecule has 0 aliphatic heterocycles. The van der Waals surface area contributed by atoms with Gasteiger partial charge in [0, 0.05) is 0 Å². The van der Waals surface area contributed by atoms with Crippen LogP contribution in [0.1, 0.15) is 13.8 Å². The van der Waals surface area contributed by atoms with Gasteiger partial charge in [0.2, 0.25) is 0 Å². The smallest absolute Gasteiger partial charge is 0.318 e. The summed E-state index contributed by atoms with van der Waals surface area (Å²) in [5.41, 5.74) is 0. The van der Waals surface area contributed by atoms with Crippen molar-refractivity contribution in [2.45, 2.75) is 23.5 Å². The number of rotatable bonds is 4. The predicted molar refractivity (Wildman–Crippen MR) is 75.7 cm³/mol. The van der Waals surface area contributed by atoms with Gasteiger partial charge in [-0.1, -0.05) is 31.9 Å². The van der Waals surface area contributed by atoms with E-state index in [1.807, 2.05) is 0 Å². The minimum Gasteiger partial charge on any atom is -0.465 e. The minimum absolute atomic E-state index is 0.102. The molecule has 0 heterocycles. The molecule has 1 aliphatic carbocycles. The number of esters is 2.